The topological polar surface area (TPSA) is 62.3 Å². The van der Waals surface area contributed by atoms with Crippen LogP contribution in [-0.2, 0) is 10.2 Å². The number of aromatic amines is 1. The van der Waals surface area contributed by atoms with Gasteiger partial charge in [-0.3, -0.25) is 4.79 Å². The first-order valence-electron chi connectivity index (χ1n) is 4.54. The van der Waals surface area contributed by atoms with Crippen molar-refractivity contribution < 1.29 is 14.6 Å². The summed E-state index contributed by atoms with van der Waals surface area (Å²) in [4.78, 5) is 13.9. The van der Waals surface area contributed by atoms with E-state index >= 15 is 0 Å². The molecule has 0 spiro atoms. The highest BCUT2D eigenvalue weighted by molar-refractivity contribution is 5.80. The quantitative estimate of drug-likeness (QED) is 0.773. The summed E-state index contributed by atoms with van der Waals surface area (Å²) in [5.41, 5.74) is -0.347. The number of rotatable bonds is 4. The molecule has 1 aromatic heterocycles. The highest BCUT2D eigenvalue weighted by atomic mass is 16.5. The molecule has 0 atom stereocenters. The van der Waals surface area contributed by atoms with Gasteiger partial charge in [-0.25, -0.2) is 0 Å². The fourth-order valence-corrected chi connectivity index (χ4v) is 1.23. The predicted octanol–water partition coefficient (Wildman–Crippen LogP) is 1.78. The van der Waals surface area contributed by atoms with E-state index in [1.807, 2.05) is 6.92 Å². The predicted molar refractivity (Wildman–Crippen MR) is 52.6 cm³/mol. The zero-order valence-corrected chi connectivity index (χ0v) is 8.63. The van der Waals surface area contributed by atoms with Crippen LogP contribution in [0.25, 0.3) is 0 Å². The Hall–Kier alpha value is -1.45. The largest absolute Gasteiger partial charge is 0.492 e. The first kappa shape index (κ1) is 10.6. The van der Waals surface area contributed by atoms with Gasteiger partial charge in [0.25, 0.3) is 0 Å². The molecule has 4 nitrogen and oxygen atoms in total. The minimum atomic E-state index is -0.950. The maximum absolute atomic E-state index is 11.0. The van der Waals surface area contributed by atoms with Crippen LogP contribution in [0.5, 0.6) is 5.75 Å². The molecule has 0 aliphatic heterocycles. The summed E-state index contributed by atoms with van der Waals surface area (Å²) in [7, 11) is 0. The highest BCUT2D eigenvalue weighted by Gasteiger charge is 2.33. The number of hydrogen-bond donors (Lipinski definition) is 2. The molecule has 0 aliphatic rings. The molecule has 78 valence electrons. The molecule has 0 unspecified atom stereocenters. The van der Waals surface area contributed by atoms with E-state index in [0.717, 1.165) is 0 Å². The van der Waals surface area contributed by atoms with Gasteiger partial charge in [0.2, 0.25) is 0 Å². The number of carboxylic acids is 1. The van der Waals surface area contributed by atoms with Gasteiger partial charge in [0.1, 0.15) is 11.2 Å². The molecule has 2 N–H and O–H groups in total. The molecule has 1 aromatic rings. The maximum Gasteiger partial charge on any atom is 0.315 e. The molecule has 0 bridgehead atoms. The first-order chi connectivity index (χ1) is 6.50. The van der Waals surface area contributed by atoms with Gasteiger partial charge < -0.3 is 14.8 Å². The number of nitrogens with one attached hydrogen (secondary N) is 1. The third-order valence-electron chi connectivity index (χ3n) is 2.17. The van der Waals surface area contributed by atoms with Gasteiger partial charge in [0, 0.05) is 6.20 Å². The molecule has 0 aliphatic carbocycles. The van der Waals surface area contributed by atoms with Gasteiger partial charge in [-0.05, 0) is 26.8 Å². The average Bonchev–Trinajstić information content (AvgIpc) is 2.53. The molecular formula is C10H15NO3. The lowest BCUT2D eigenvalue weighted by Gasteiger charge is -2.19. The average molecular weight is 197 g/mol. The zero-order chi connectivity index (χ0) is 10.8. The van der Waals surface area contributed by atoms with Crippen molar-refractivity contribution in [2.24, 2.45) is 0 Å². The van der Waals surface area contributed by atoms with E-state index in [0.29, 0.717) is 18.1 Å². The van der Waals surface area contributed by atoms with Crippen molar-refractivity contribution in [2.75, 3.05) is 6.61 Å². The summed E-state index contributed by atoms with van der Waals surface area (Å²) >= 11 is 0. The minimum absolute atomic E-state index is 0.528. The summed E-state index contributed by atoms with van der Waals surface area (Å²) in [6.07, 6.45) is 1.69. The second kappa shape index (κ2) is 3.74. The van der Waals surface area contributed by atoms with Crippen LogP contribution in [0.3, 0.4) is 0 Å². The van der Waals surface area contributed by atoms with Crippen LogP contribution in [0.15, 0.2) is 12.3 Å². The number of carbonyl (C=O) groups is 1. The van der Waals surface area contributed by atoms with Crippen molar-refractivity contribution in [3.63, 3.8) is 0 Å². The minimum Gasteiger partial charge on any atom is -0.492 e. The SMILES string of the molecule is CCOc1cc[nH]c1C(C)(C)C(=O)O. The lowest BCUT2D eigenvalue weighted by molar-refractivity contribution is -0.142. The van der Waals surface area contributed by atoms with Crippen molar-refractivity contribution in [1.82, 2.24) is 4.98 Å². The molecule has 1 heterocycles. The molecule has 0 radical (unpaired) electrons. The number of hydrogen-bond acceptors (Lipinski definition) is 2. The van der Waals surface area contributed by atoms with Crippen LogP contribution in [0.4, 0.5) is 0 Å². The van der Waals surface area contributed by atoms with Crippen molar-refractivity contribution in [2.45, 2.75) is 26.2 Å². The zero-order valence-electron chi connectivity index (χ0n) is 8.63. The molecule has 0 fully saturated rings. The Labute approximate surface area is 82.9 Å². The second-order valence-electron chi connectivity index (χ2n) is 3.58. The summed E-state index contributed by atoms with van der Waals surface area (Å²) in [5.74, 6) is -0.263. The van der Waals surface area contributed by atoms with E-state index in [4.69, 9.17) is 9.84 Å². The van der Waals surface area contributed by atoms with Crippen LogP contribution in [0.1, 0.15) is 26.5 Å². The normalized spacial score (nSPS) is 11.4. The second-order valence-corrected chi connectivity index (χ2v) is 3.58. The highest BCUT2D eigenvalue weighted by Crippen LogP contribution is 2.30. The fourth-order valence-electron chi connectivity index (χ4n) is 1.23. The Balaban J connectivity index is 3.05. The number of aromatic nitrogens is 1. The van der Waals surface area contributed by atoms with Crippen molar-refractivity contribution in [3.05, 3.63) is 18.0 Å². The summed E-state index contributed by atoms with van der Waals surface area (Å²) in [6.45, 7) is 5.68. The van der Waals surface area contributed by atoms with Crippen molar-refractivity contribution in [3.8, 4) is 5.75 Å². The maximum atomic E-state index is 11.0. The van der Waals surface area contributed by atoms with Gasteiger partial charge in [0.05, 0.1) is 12.3 Å². The van der Waals surface area contributed by atoms with Crippen LogP contribution < -0.4 is 4.74 Å². The molecule has 0 saturated carbocycles. The fraction of sp³-hybridized carbons (Fsp3) is 0.500. The van der Waals surface area contributed by atoms with E-state index < -0.39 is 11.4 Å². The number of aliphatic carboxylic acids is 1. The lowest BCUT2D eigenvalue weighted by Crippen LogP contribution is -2.29. The van der Waals surface area contributed by atoms with E-state index in [1.165, 1.54) is 0 Å². The standard InChI is InChI=1S/C10H15NO3/c1-4-14-7-5-6-11-8(7)10(2,3)9(12)13/h5-6,11H,4H2,1-3H3,(H,12,13). The van der Waals surface area contributed by atoms with Gasteiger partial charge >= 0.3 is 5.97 Å². The monoisotopic (exact) mass is 197 g/mol. The Kier molecular flexibility index (Phi) is 2.84. The molecule has 4 heteroatoms. The molecule has 1 rings (SSSR count). The Morgan fingerprint density at radius 2 is 2.29 bits per heavy atom. The third-order valence-corrected chi connectivity index (χ3v) is 2.17. The number of H-pyrrole nitrogens is 1. The molecule has 0 amide bonds. The summed E-state index contributed by atoms with van der Waals surface area (Å²) in [6, 6.07) is 1.74. The van der Waals surface area contributed by atoms with Crippen LogP contribution in [0.2, 0.25) is 0 Å². The van der Waals surface area contributed by atoms with Crippen LogP contribution >= 0.6 is 0 Å². The van der Waals surface area contributed by atoms with Crippen LogP contribution in [0, 0.1) is 0 Å². The smallest absolute Gasteiger partial charge is 0.315 e. The van der Waals surface area contributed by atoms with Crippen molar-refractivity contribution >= 4 is 5.97 Å². The van der Waals surface area contributed by atoms with Gasteiger partial charge in [-0.15, -0.1) is 0 Å². The van der Waals surface area contributed by atoms with Crippen LogP contribution in [-0.4, -0.2) is 22.7 Å². The first-order valence-corrected chi connectivity index (χ1v) is 4.54. The molecule has 14 heavy (non-hydrogen) atoms. The number of carboxylic acid groups (broad SMARTS) is 1. The molecule has 0 aromatic carbocycles. The number of ether oxygens (including phenoxy) is 1. The molecular weight excluding hydrogens is 182 g/mol. The van der Waals surface area contributed by atoms with E-state index in [1.54, 1.807) is 26.1 Å². The Morgan fingerprint density at radius 3 is 2.79 bits per heavy atom. The third kappa shape index (κ3) is 1.73. The van der Waals surface area contributed by atoms with Gasteiger partial charge in [0.15, 0.2) is 0 Å². The van der Waals surface area contributed by atoms with Crippen molar-refractivity contribution in [1.29, 1.82) is 0 Å². The van der Waals surface area contributed by atoms with E-state index in [2.05, 4.69) is 4.98 Å². The Bertz CT molecular complexity index is 328. The van der Waals surface area contributed by atoms with E-state index in [-0.39, 0.29) is 0 Å². The van der Waals surface area contributed by atoms with Gasteiger partial charge in [-0.1, -0.05) is 0 Å². The molecule has 0 saturated heterocycles. The van der Waals surface area contributed by atoms with E-state index in [9.17, 15) is 4.79 Å². The summed E-state index contributed by atoms with van der Waals surface area (Å²) in [5, 5.41) is 9.03. The van der Waals surface area contributed by atoms with Gasteiger partial charge in [-0.2, -0.15) is 0 Å². The Morgan fingerprint density at radius 1 is 1.64 bits per heavy atom. The lowest BCUT2D eigenvalue weighted by atomic mass is 9.89. The summed E-state index contributed by atoms with van der Waals surface area (Å²) < 4.78 is 5.32.